The molecule has 0 radical (unpaired) electrons. The first-order chi connectivity index (χ1) is 20.1. The molecule has 0 bridgehead atoms. The lowest BCUT2D eigenvalue weighted by molar-refractivity contribution is -0.384. The van der Waals surface area contributed by atoms with Crippen LogP contribution < -0.4 is 24.7 Å². The second-order valence-corrected chi connectivity index (χ2v) is 12.0. The smallest absolute Gasteiger partial charge is 0.338 e. The van der Waals surface area contributed by atoms with E-state index in [4.69, 9.17) is 4.74 Å². The number of nitro benzene ring substituents is 1. The van der Waals surface area contributed by atoms with Gasteiger partial charge >= 0.3 is 5.97 Å². The monoisotopic (exact) mass is 589 g/mol. The second-order valence-electron chi connectivity index (χ2n) is 11.0. The van der Waals surface area contributed by atoms with Crippen molar-refractivity contribution in [3.63, 3.8) is 0 Å². The number of allylic oxidation sites excluding steroid dienone is 1. The first-order valence-electron chi connectivity index (χ1n) is 14.1. The van der Waals surface area contributed by atoms with Gasteiger partial charge in [0, 0.05) is 56.3 Å². The van der Waals surface area contributed by atoms with E-state index in [0.29, 0.717) is 32.1 Å². The summed E-state index contributed by atoms with van der Waals surface area (Å²) >= 11 is 1.21. The number of anilines is 2. The van der Waals surface area contributed by atoms with Gasteiger partial charge in [-0.15, -0.1) is 0 Å². The highest BCUT2D eigenvalue weighted by molar-refractivity contribution is 7.07. The molecule has 2 aliphatic rings. The van der Waals surface area contributed by atoms with Crippen molar-refractivity contribution >= 4 is 40.4 Å². The zero-order valence-electron chi connectivity index (χ0n) is 24.5. The number of ether oxygens (including phenoxy) is 1. The Morgan fingerprint density at radius 3 is 2.50 bits per heavy atom. The van der Waals surface area contributed by atoms with Gasteiger partial charge in [0.15, 0.2) is 4.80 Å². The Morgan fingerprint density at radius 1 is 1.19 bits per heavy atom. The average Bonchev–Trinajstić information content (AvgIpc) is 3.26. The number of hydrogen-bond acceptors (Lipinski definition) is 9. The fourth-order valence-electron chi connectivity index (χ4n) is 5.51. The van der Waals surface area contributed by atoms with Gasteiger partial charge in [0.2, 0.25) is 0 Å². The fourth-order valence-corrected chi connectivity index (χ4v) is 6.55. The number of aromatic nitrogens is 1. The van der Waals surface area contributed by atoms with Crippen LogP contribution in [0.2, 0.25) is 0 Å². The summed E-state index contributed by atoms with van der Waals surface area (Å²) in [6, 6.07) is 11.8. The molecule has 0 aliphatic carbocycles. The van der Waals surface area contributed by atoms with E-state index in [1.807, 2.05) is 43.3 Å². The summed E-state index contributed by atoms with van der Waals surface area (Å²) in [6.45, 7) is 7.59. The van der Waals surface area contributed by atoms with Gasteiger partial charge in [-0.2, -0.15) is 0 Å². The third kappa shape index (κ3) is 5.61. The summed E-state index contributed by atoms with van der Waals surface area (Å²) in [5.41, 5.74) is 3.64. The van der Waals surface area contributed by atoms with Crippen LogP contribution in [0.1, 0.15) is 50.8 Å². The molecular formula is C31H35N5O5S. The molecule has 3 aromatic rings. The molecule has 1 aromatic heterocycles. The topological polar surface area (TPSA) is 110 Å². The molecular weight excluding hydrogens is 554 g/mol. The van der Waals surface area contributed by atoms with Gasteiger partial charge in [-0.25, -0.2) is 9.79 Å². The molecule has 3 heterocycles. The average molecular weight is 590 g/mol. The van der Waals surface area contributed by atoms with Crippen LogP contribution in [0.15, 0.2) is 63.5 Å². The maximum Gasteiger partial charge on any atom is 0.338 e. The minimum absolute atomic E-state index is 0.0394. The third-order valence-electron chi connectivity index (χ3n) is 7.88. The predicted octanol–water partition coefficient (Wildman–Crippen LogP) is 4.01. The predicted molar refractivity (Wildman–Crippen MR) is 165 cm³/mol. The van der Waals surface area contributed by atoms with E-state index in [1.54, 1.807) is 30.6 Å². The third-order valence-corrected chi connectivity index (χ3v) is 8.86. The highest BCUT2D eigenvalue weighted by atomic mass is 32.1. The standard InChI is InChI=1S/C31H35N5O5S/c1-6-41-30(38)27-20(3)32-31-35(28(27)21-7-9-23(10-8-21)33(4)5)29(37)26(42-31)18-22-17-24(36(39)40)11-12-25(22)34-15-13-19(2)14-16-34/h7-12,17-19,28H,6,13-16H2,1-5H3/b26-18+/t28-/m1/s1. The minimum Gasteiger partial charge on any atom is -0.463 e. The van der Waals surface area contributed by atoms with Gasteiger partial charge in [-0.3, -0.25) is 19.5 Å². The Balaban J connectivity index is 1.69. The Morgan fingerprint density at radius 2 is 1.88 bits per heavy atom. The fraction of sp³-hybridized carbons (Fsp3) is 0.387. The number of nitrogens with zero attached hydrogens (tertiary/aromatic N) is 5. The molecule has 10 nitrogen and oxygen atoms in total. The first kappa shape index (κ1) is 29.2. The van der Waals surface area contributed by atoms with Gasteiger partial charge in [-0.05, 0) is 62.4 Å². The summed E-state index contributed by atoms with van der Waals surface area (Å²) in [5.74, 6) is 0.102. The maximum absolute atomic E-state index is 14.1. The van der Waals surface area contributed by atoms with E-state index in [0.717, 1.165) is 42.9 Å². The highest BCUT2D eigenvalue weighted by Gasteiger charge is 2.33. The zero-order valence-corrected chi connectivity index (χ0v) is 25.3. The maximum atomic E-state index is 14.1. The van der Waals surface area contributed by atoms with Crippen LogP contribution in [0.25, 0.3) is 6.08 Å². The van der Waals surface area contributed by atoms with Gasteiger partial charge in [0.25, 0.3) is 11.2 Å². The van der Waals surface area contributed by atoms with Crippen molar-refractivity contribution < 1.29 is 14.5 Å². The van der Waals surface area contributed by atoms with Crippen molar-refractivity contribution in [2.24, 2.45) is 10.9 Å². The van der Waals surface area contributed by atoms with E-state index in [1.165, 1.54) is 23.5 Å². The van der Waals surface area contributed by atoms with Crippen LogP contribution in [-0.4, -0.2) is 49.3 Å². The lowest BCUT2D eigenvalue weighted by Crippen LogP contribution is -2.40. The molecule has 1 saturated heterocycles. The number of fused-ring (bicyclic) bond motifs is 1. The highest BCUT2D eigenvalue weighted by Crippen LogP contribution is 2.32. The number of non-ortho nitro benzene ring substituents is 1. The van der Waals surface area contributed by atoms with Crippen molar-refractivity contribution in [3.8, 4) is 0 Å². The van der Waals surface area contributed by atoms with Crippen molar-refractivity contribution in [2.45, 2.75) is 39.7 Å². The van der Waals surface area contributed by atoms with Crippen molar-refractivity contribution in [1.29, 1.82) is 0 Å². The zero-order chi connectivity index (χ0) is 30.1. The molecule has 0 N–H and O–H groups in total. The Labute approximate surface area is 248 Å². The molecule has 11 heteroatoms. The van der Waals surface area contributed by atoms with Crippen LogP contribution in [0, 0.1) is 16.0 Å². The lowest BCUT2D eigenvalue weighted by atomic mass is 9.95. The van der Waals surface area contributed by atoms with Crippen molar-refractivity contribution in [1.82, 2.24) is 4.57 Å². The minimum atomic E-state index is -0.730. The van der Waals surface area contributed by atoms with Gasteiger partial charge in [0.1, 0.15) is 0 Å². The number of piperidine rings is 1. The summed E-state index contributed by atoms with van der Waals surface area (Å²) in [6.07, 6.45) is 3.78. The Bertz CT molecular complexity index is 1730. The normalized spacial score (nSPS) is 17.6. The van der Waals surface area contributed by atoms with Crippen LogP contribution in [0.5, 0.6) is 0 Å². The molecule has 0 unspecified atom stereocenters. The van der Waals surface area contributed by atoms with Gasteiger partial charge in [-0.1, -0.05) is 30.4 Å². The lowest BCUT2D eigenvalue weighted by Gasteiger charge is -2.33. The van der Waals surface area contributed by atoms with Gasteiger partial charge < -0.3 is 14.5 Å². The van der Waals surface area contributed by atoms with Crippen LogP contribution >= 0.6 is 11.3 Å². The van der Waals surface area contributed by atoms with Crippen LogP contribution in [0.3, 0.4) is 0 Å². The largest absolute Gasteiger partial charge is 0.463 e. The molecule has 42 heavy (non-hydrogen) atoms. The summed E-state index contributed by atoms with van der Waals surface area (Å²) < 4.78 is 7.32. The molecule has 0 saturated carbocycles. The van der Waals surface area contributed by atoms with Crippen molar-refractivity contribution in [2.75, 3.05) is 43.6 Å². The van der Waals surface area contributed by atoms with E-state index in [9.17, 15) is 19.7 Å². The molecule has 0 spiro atoms. The second kappa shape index (κ2) is 11.9. The number of thiazole rings is 1. The molecule has 1 atom stereocenters. The Hall–Kier alpha value is -4.25. The summed E-state index contributed by atoms with van der Waals surface area (Å²) in [7, 11) is 3.89. The molecule has 2 aliphatic heterocycles. The summed E-state index contributed by atoms with van der Waals surface area (Å²) in [5, 5.41) is 11.7. The number of carbonyl (C=O) groups excluding carboxylic acids is 1. The molecule has 5 rings (SSSR count). The van der Waals surface area contributed by atoms with Crippen LogP contribution in [-0.2, 0) is 9.53 Å². The number of hydrogen-bond donors (Lipinski definition) is 0. The molecule has 220 valence electrons. The quantitative estimate of drug-likeness (QED) is 0.233. The van der Waals surface area contributed by atoms with E-state index >= 15 is 0 Å². The number of benzene rings is 2. The Kier molecular flexibility index (Phi) is 8.31. The molecule has 0 amide bonds. The van der Waals surface area contributed by atoms with Gasteiger partial charge in [0.05, 0.1) is 33.4 Å². The van der Waals surface area contributed by atoms with E-state index < -0.39 is 16.9 Å². The van der Waals surface area contributed by atoms with Crippen LogP contribution in [0.4, 0.5) is 17.1 Å². The number of rotatable bonds is 7. The first-order valence-corrected chi connectivity index (χ1v) is 14.9. The van der Waals surface area contributed by atoms with E-state index in [-0.39, 0.29) is 17.9 Å². The molecule has 2 aromatic carbocycles. The van der Waals surface area contributed by atoms with Crippen molar-refractivity contribution in [3.05, 3.63) is 94.7 Å². The SMILES string of the molecule is CCOC(=O)C1=C(C)N=c2s/c(=C/c3cc([N+](=O)[O-])ccc3N3CCC(C)CC3)c(=O)n2[C@@H]1c1ccc(N(C)C)cc1. The van der Waals surface area contributed by atoms with E-state index in [2.05, 4.69) is 16.8 Å². The molecule has 1 fully saturated rings. The number of esters is 1. The summed E-state index contributed by atoms with van der Waals surface area (Å²) in [4.78, 5) is 47.9. The number of nitro groups is 1. The number of carbonyl (C=O) groups is 1.